The van der Waals surface area contributed by atoms with Crippen molar-refractivity contribution >= 4 is 23.1 Å². The summed E-state index contributed by atoms with van der Waals surface area (Å²) in [5.41, 5.74) is 2.13. The molecule has 0 radical (unpaired) electrons. The third-order valence-corrected chi connectivity index (χ3v) is 7.77. The van der Waals surface area contributed by atoms with Crippen LogP contribution in [0, 0.1) is 5.92 Å². The van der Waals surface area contributed by atoms with Gasteiger partial charge in [0.2, 0.25) is 6.79 Å². The molecule has 5 rings (SSSR count). The number of ether oxygens (including phenoxy) is 2. The second kappa shape index (κ2) is 8.98. The maximum absolute atomic E-state index is 5.49. The van der Waals surface area contributed by atoms with E-state index in [1.54, 1.807) is 23.1 Å². The van der Waals surface area contributed by atoms with E-state index in [0.717, 1.165) is 63.4 Å². The number of hydrogen-bond donors (Lipinski definition) is 0. The SMILES string of the molecule is CCn1c(CC2CCCCC2)nnc1SCc1csc(-c2ccc3c(c2)OCO3)n1. The van der Waals surface area contributed by atoms with Gasteiger partial charge in [0.15, 0.2) is 16.7 Å². The van der Waals surface area contributed by atoms with Crippen molar-refractivity contribution in [3.05, 3.63) is 35.1 Å². The third-order valence-electron chi connectivity index (χ3n) is 5.83. The van der Waals surface area contributed by atoms with Gasteiger partial charge in [-0.2, -0.15) is 0 Å². The molecule has 1 saturated carbocycles. The number of aromatic nitrogens is 4. The molecule has 0 amide bonds. The first-order valence-electron chi connectivity index (χ1n) is 10.7. The summed E-state index contributed by atoms with van der Waals surface area (Å²) in [6, 6.07) is 5.99. The maximum Gasteiger partial charge on any atom is 0.231 e. The fraction of sp³-hybridized carbons (Fsp3) is 0.500. The molecule has 0 bridgehead atoms. The summed E-state index contributed by atoms with van der Waals surface area (Å²) < 4.78 is 13.2. The van der Waals surface area contributed by atoms with Crippen LogP contribution in [0.3, 0.4) is 0 Å². The zero-order chi connectivity index (χ0) is 20.3. The van der Waals surface area contributed by atoms with Crippen LogP contribution in [0.5, 0.6) is 11.5 Å². The van der Waals surface area contributed by atoms with Gasteiger partial charge < -0.3 is 14.0 Å². The Morgan fingerprint density at radius 3 is 2.87 bits per heavy atom. The molecule has 3 heterocycles. The van der Waals surface area contributed by atoms with Crippen molar-refractivity contribution in [1.82, 2.24) is 19.7 Å². The Bertz CT molecular complexity index is 1010. The van der Waals surface area contributed by atoms with Gasteiger partial charge in [-0.25, -0.2) is 4.98 Å². The summed E-state index contributed by atoms with van der Waals surface area (Å²) in [4.78, 5) is 4.82. The Labute approximate surface area is 185 Å². The second-order valence-electron chi connectivity index (χ2n) is 7.85. The molecule has 3 aromatic rings. The molecule has 2 aliphatic rings. The van der Waals surface area contributed by atoms with Gasteiger partial charge >= 0.3 is 0 Å². The number of nitrogens with zero attached hydrogens (tertiary/aromatic N) is 4. The summed E-state index contributed by atoms with van der Waals surface area (Å²) in [7, 11) is 0. The Hall–Kier alpha value is -2.06. The Morgan fingerprint density at radius 2 is 2.00 bits per heavy atom. The van der Waals surface area contributed by atoms with Crippen LogP contribution in [-0.4, -0.2) is 26.5 Å². The highest BCUT2D eigenvalue weighted by molar-refractivity contribution is 7.98. The van der Waals surface area contributed by atoms with Gasteiger partial charge in [0.25, 0.3) is 0 Å². The van der Waals surface area contributed by atoms with Gasteiger partial charge in [0.05, 0.1) is 5.69 Å². The highest BCUT2D eigenvalue weighted by atomic mass is 32.2. The van der Waals surface area contributed by atoms with Crippen molar-refractivity contribution in [3.63, 3.8) is 0 Å². The van der Waals surface area contributed by atoms with E-state index in [-0.39, 0.29) is 0 Å². The minimum atomic E-state index is 0.291. The minimum Gasteiger partial charge on any atom is -0.454 e. The Morgan fingerprint density at radius 1 is 1.13 bits per heavy atom. The quantitative estimate of drug-likeness (QED) is 0.446. The molecule has 2 aromatic heterocycles. The molecule has 30 heavy (non-hydrogen) atoms. The normalized spacial score (nSPS) is 16.3. The lowest BCUT2D eigenvalue weighted by molar-refractivity contribution is 0.174. The molecule has 0 spiro atoms. The monoisotopic (exact) mass is 442 g/mol. The van der Waals surface area contributed by atoms with Gasteiger partial charge in [-0.3, -0.25) is 0 Å². The topological polar surface area (TPSA) is 62.1 Å². The standard InChI is InChI=1S/C22H26N4O2S2/c1-2-26-20(10-15-6-4-3-5-7-15)24-25-22(26)30-13-17-12-29-21(23-17)16-8-9-18-19(11-16)28-14-27-18/h8-9,11-12,15H,2-7,10,13-14H2,1H3. The molecule has 1 aromatic carbocycles. The van der Waals surface area contributed by atoms with Crippen LogP contribution < -0.4 is 9.47 Å². The average Bonchev–Trinajstić information content (AvgIpc) is 3.52. The van der Waals surface area contributed by atoms with E-state index in [1.807, 2.05) is 18.2 Å². The number of rotatable bonds is 7. The van der Waals surface area contributed by atoms with E-state index in [1.165, 1.54) is 32.1 Å². The largest absolute Gasteiger partial charge is 0.454 e. The first-order chi connectivity index (χ1) is 14.8. The Kier molecular flexibility index (Phi) is 5.95. The fourth-order valence-electron chi connectivity index (χ4n) is 4.22. The number of thioether (sulfide) groups is 1. The first-order valence-corrected chi connectivity index (χ1v) is 12.6. The fourth-order valence-corrected chi connectivity index (χ4v) is 6.05. The molecule has 1 aliphatic heterocycles. The summed E-state index contributed by atoms with van der Waals surface area (Å²) in [5.74, 6) is 4.30. The van der Waals surface area contributed by atoms with Crippen LogP contribution in [0.1, 0.15) is 50.5 Å². The van der Waals surface area contributed by atoms with E-state index in [9.17, 15) is 0 Å². The number of hydrogen-bond acceptors (Lipinski definition) is 7. The summed E-state index contributed by atoms with van der Waals surface area (Å²) >= 11 is 3.38. The highest BCUT2D eigenvalue weighted by Gasteiger charge is 2.20. The number of fused-ring (bicyclic) bond motifs is 1. The van der Waals surface area contributed by atoms with E-state index < -0.39 is 0 Å². The summed E-state index contributed by atoms with van der Waals surface area (Å²) in [5, 5.41) is 13.1. The number of thiazole rings is 1. The van der Waals surface area contributed by atoms with Crippen LogP contribution in [0.2, 0.25) is 0 Å². The molecule has 1 aliphatic carbocycles. The molecule has 0 unspecified atom stereocenters. The maximum atomic E-state index is 5.49. The Balaban J connectivity index is 1.24. The van der Waals surface area contributed by atoms with E-state index >= 15 is 0 Å². The van der Waals surface area contributed by atoms with Crippen LogP contribution >= 0.6 is 23.1 Å². The summed E-state index contributed by atoms with van der Waals surface area (Å²) in [6.45, 7) is 3.38. The molecule has 8 heteroatoms. The summed E-state index contributed by atoms with van der Waals surface area (Å²) in [6.07, 6.45) is 7.84. The van der Waals surface area contributed by atoms with Crippen molar-refractivity contribution in [2.24, 2.45) is 5.92 Å². The molecular formula is C22H26N4O2S2. The molecule has 1 fully saturated rings. The van der Waals surface area contributed by atoms with Gasteiger partial charge in [-0.1, -0.05) is 43.9 Å². The van der Waals surface area contributed by atoms with Crippen LogP contribution in [-0.2, 0) is 18.7 Å². The van der Waals surface area contributed by atoms with Crippen molar-refractivity contribution < 1.29 is 9.47 Å². The third kappa shape index (κ3) is 4.21. The van der Waals surface area contributed by atoms with Crippen molar-refractivity contribution in [1.29, 1.82) is 0 Å². The van der Waals surface area contributed by atoms with Crippen LogP contribution in [0.4, 0.5) is 0 Å². The highest BCUT2D eigenvalue weighted by Crippen LogP contribution is 2.37. The second-order valence-corrected chi connectivity index (χ2v) is 9.65. The zero-order valence-electron chi connectivity index (χ0n) is 17.2. The van der Waals surface area contributed by atoms with E-state index in [2.05, 4.69) is 27.1 Å². The molecular weight excluding hydrogens is 416 g/mol. The van der Waals surface area contributed by atoms with Crippen molar-refractivity contribution in [3.8, 4) is 22.1 Å². The lowest BCUT2D eigenvalue weighted by atomic mass is 9.87. The van der Waals surface area contributed by atoms with E-state index in [4.69, 9.17) is 14.5 Å². The van der Waals surface area contributed by atoms with Gasteiger partial charge in [-0.05, 0) is 31.0 Å². The van der Waals surface area contributed by atoms with Crippen LogP contribution in [0.15, 0.2) is 28.7 Å². The molecule has 0 N–H and O–H groups in total. The molecule has 6 nitrogen and oxygen atoms in total. The van der Waals surface area contributed by atoms with E-state index in [0.29, 0.717) is 6.79 Å². The van der Waals surface area contributed by atoms with Gasteiger partial charge in [0, 0.05) is 29.7 Å². The first kappa shape index (κ1) is 19.9. The molecule has 0 atom stereocenters. The smallest absolute Gasteiger partial charge is 0.231 e. The average molecular weight is 443 g/mol. The lowest BCUT2D eigenvalue weighted by Crippen LogP contribution is -2.13. The molecule has 158 valence electrons. The van der Waals surface area contributed by atoms with Gasteiger partial charge in [-0.15, -0.1) is 21.5 Å². The van der Waals surface area contributed by atoms with Crippen molar-refractivity contribution in [2.75, 3.05) is 6.79 Å². The lowest BCUT2D eigenvalue weighted by Gasteiger charge is -2.21. The number of benzene rings is 1. The molecule has 0 saturated heterocycles. The predicted molar refractivity (Wildman–Crippen MR) is 119 cm³/mol. The minimum absolute atomic E-state index is 0.291. The van der Waals surface area contributed by atoms with Gasteiger partial charge in [0.1, 0.15) is 10.8 Å². The predicted octanol–water partition coefficient (Wildman–Crippen LogP) is 5.57. The van der Waals surface area contributed by atoms with Crippen LogP contribution in [0.25, 0.3) is 10.6 Å². The van der Waals surface area contributed by atoms with Crippen molar-refractivity contribution in [2.45, 2.75) is 62.9 Å². The zero-order valence-corrected chi connectivity index (χ0v) is 18.8.